The minimum absolute atomic E-state index is 0.270. The molecule has 1 nitrogen and oxygen atoms in total. The van der Waals surface area contributed by atoms with Gasteiger partial charge in [0.2, 0.25) is 0 Å². The number of rotatable bonds is 3. The van der Waals surface area contributed by atoms with Crippen molar-refractivity contribution in [2.75, 3.05) is 5.75 Å². The minimum Gasteiger partial charge on any atom is -0.327 e. The SMILES string of the molecule is Cc1ccc(SCC(C)N)cc1C. The van der Waals surface area contributed by atoms with Crippen LogP contribution in [0.25, 0.3) is 0 Å². The molecule has 0 aliphatic rings. The summed E-state index contributed by atoms with van der Waals surface area (Å²) in [6, 6.07) is 6.82. The van der Waals surface area contributed by atoms with Crippen molar-refractivity contribution < 1.29 is 0 Å². The van der Waals surface area contributed by atoms with Gasteiger partial charge in [0.25, 0.3) is 0 Å². The van der Waals surface area contributed by atoms with Gasteiger partial charge in [-0.2, -0.15) is 0 Å². The van der Waals surface area contributed by atoms with Gasteiger partial charge in [0.05, 0.1) is 0 Å². The summed E-state index contributed by atoms with van der Waals surface area (Å²) in [6.45, 7) is 6.31. The molecule has 1 atom stereocenters. The lowest BCUT2D eigenvalue weighted by atomic mass is 10.1. The Balaban J connectivity index is 2.63. The van der Waals surface area contributed by atoms with E-state index >= 15 is 0 Å². The third kappa shape index (κ3) is 3.41. The van der Waals surface area contributed by atoms with Crippen molar-refractivity contribution >= 4 is 11.8 Å². The highest BCUT2D eigenvalue weighted by atomic mass is 32.2. The fourth-order valence-corrected chi connectivity index (χ4v) is 1.91. The summed E-state index contributed by atoms with van der Waals surface area (Å²) in [4.78, 5) is 1.32. The van der Waals surface area contributed by atoms with E-state index in [1.165, 1.54) is 16.0 Å². The quantitative estimate of drug-likeness (QED) is 0.750. The molecular weight excluding hydrogens is 178 g/mol. The lowest BCUT2D eigenvalue weighted by Crippen LogP contribution is -2.17. The van der Waals surface area contributed by atoms with Crippen LogP contribution in [0.3, 0.4) is 0 Å². The van der Waals surface area contributed by atoms with Crippen molar-refractivity contribution in [3.63, 3.8) is 0 Å². The monoisotopic (exact) mass is 195 g/mol. The molecule has 0 amide bonds. The molecule has 0 aliphatic heterocycles. The lowest BCUT2D eigenvalue weighted by Gasteiger charge is -2.06. The number of hydrogen-bond acceptors (Lipinski definition) is 2. The Bertz CT molecular complexity index is 281. The van der Waals surface area contributed by atoms with E-state index in [1.54, 1.807) is 0 Å². The first-order valence-electron chi connectivity index (χ1n) is 4.55. The summed E-state index contributed by atoms with van der Waals surface area (Å²) < 4.78 is 0. The van der Waals surface area contributed by atoms with Gasteiger partial charge in [-0.05, 0) is 44.0 Å². The van der Waals surface area contributed by atoms with Crippen LogP contribution in [0.4, 0.5) is 0 Å². The maximum atomic E-state index is 5.69. The van der Waals surface area contributed by atoms with Gasteiger partial charge in [0.1, 0.15) is 0 Å². The largest absolute Gasteiger partial charge is 0.327 e. The average Bonchev–Trinajstić information content (AvgIpc) is 2.07. The van der Waals surface area contributed by atoms with Gasteiger partial charge in [0, 0.05) is 16.7 Å². The molecule has 0 saturated heterocycles. The van der Waals surface area contributed by atoms with Crippen LogP contribution >= 0.6 is 11.8 Å². The second-order valence-electron chi connectivity index (χ2n) is 3.53. The van der Waals surface area contributed by atoms with Crippen LogP contribution in [0, 0.1) is 13.8 Å². The first-order valence-corrected chi connectivity index (χ1v) is 5.54. The Hall–Kier alpha value is -0.470. The first-order chi connectivity index (χ1) is 6.09. The minimum atomic E-state index is 0.270. The molecule has 72 valence electrons. The number of thioether (sulfide) groups is 1. The summed E-state index contributed by atoms with van der Waals surface area (Å²) in [7, 11) is 0. The lowest BCUT2D eigenvalue weighted by molar-refractivity contribution is 0.847. The van der Waals surface area contributed by atoms with Gasteiger partial charge in [-0.3, -0.25) is 0 Å². The topological polar surface area (TPSA) is 26.0 Å². The highest BCUT2D eigenvalue weighted by molar-refractivity contribution is 7.99. The molecule has 1 aromatic rings. The normalized spacial score (nSPS) is 12.9. The van der Waals surface area contributed by atoms with Crippen molar-refractivity contribution in [3.05, 3.63) is 29.3 Å². The Labute approximate surface area is 84.7 Å². The molecule has 1 unspecified atom stereocenters. The van der Waals surface area contributed by atoms with E-state index in [-0.39, 0.29) is 6.04 Å². The van der Waals surface area contributed by atoms with E-state index in [0.717, 1.165) is 5.75 Å². The average molecular weight is 195 g/mol. The molecule has 0 spiro atoms. The van der Waals surface area contributed by atoms with Gasteiger partial charge >= 0.3 is 0 Å². The van der Waals surface area contributed by atoms with Crippen molar-refractivity contribution in [2.24, 2.45) is 5.73 Å². The fourth-order valence-electron chi connectivity index (χ4n) is 1.03. The Morgan fingerprint density at radius 1 is 1.31 bits per heavy atom. The Morgan fingerprint density at radius 2 is 2.00 bits per heavy atom. The van der Waals surface area contributed by atoms with Crippen LogP contribution in [-0.4, -0.2) is 11.8 Å². The molecule has 0 radical (unpaired) electrons. The van der Waals surface area contributed by atoms with E-state index in [0.29, 0.717) is 0 Å². The third-order valence-electron chi connectivity index (χ3n) is 1.99. The van der Waals surface area contributed by atoms with Gasteiger partial charge < -0.3 is 5.73 Å². The zero-order chi connectivity index (χ0) is 9.84. The van der Waals surface area contributed by atoms with E-state index in [9.17, 15) is 0 Å². The van der Waals surface area contributed by atoms with E-state index in [4.69, 9.17) is 5.73 Å². The third-order valence-corrected chi connectivity index (χ3v) is 3.27. The highest BCUT2D eigenvalue weighted by Gasteiger charge is 1.99. The van der Waals surface area contributed by atoms with E-state index < -0.39 is 0 Å². The maximum Gasteiger partial charge on any atom is 0.0129 e. The molecule has 2 N–H and O–H groups in total. The standard InChI is InChI=1S/C11H17NS/c1-8-4-5-11(6-9(8)2)13-7-10(3)12/h4-6,10H,7,12H2,1-3H3. The molecule has 1 aromatic carbocycles. The van der Waals surface area contributed by atoms with Crippen LogP contribution < -0.4 is 5.73 Å². The van der Waals surface area contributed by atoms with Gasteiger partial charge in [-0.25, -0.2) is 0 Å². The summed E-state index contributed by atoms with van der Waals surface area (Å²) in [5, 5.41) is 0. The molecule has 13 heavy (non-hydrogen) atoms. The van der Waals surface area contributed by atoms with Crippen molar-refractivity contribution in [3.8, 4) is 0 Å². The molecule has 0 fully saturated rings. The van der Waals surface area contributed by atoms with Crippen molar-refractivity contribution in [2.45, 2.75) is 31.7 Å². The summed E-state index contributed by atoms with van der Waals surface area (Å²) in [5.74, 6) is 0.989. The number of nitrogens with two attached hydrogens (primary N) is 1. The van der Waals surface area contributed by atoms with E-state index in [1.807, 2.05) is 18.7 Å². The van der Waals surface area contributed by atoms with Gasteiger partial charge in [0.15, 0.2) is 0 Å². The second kappa shape index (κ2) is 4.68. The number of benzene rings is 1. The van der Waals surface area contributed by atoms with Crippen LogP contribution in [0.5, 0.6) is 0 Å². The molecule has 0 aliphatic carbocycles. The van der Waals surface area contributed by atoms with Crippen LogP contribution in [0.1, 0.15) is 18.1 Å². The number of aryl methyl sites for hydroxylation is 2. The Morgan fingerprint density at radius 3 is 2.54 bits per heavy atom. The van der Waals surface area contributed by atoms with Gasteiger partial charge in [-0.1, -0.05) is 6.07 Å². The Kier molecular flexibility index (Phi) is 3.82. The molecule has 0 bridgehead atoms. The molecular formula is C11H17NS. The number of hydrogen-bond donors (Lipinski definition) is 1. The molecule has 0 saturated carbocycles. The van der Waals surface area contributed by atoms with E-state index in [2.05, 4.69) is 32.0 Å². The van der Waals surface area contributed by atoms with Crippen molar-refractivity contribution in [1.29, 1.82) is 0 Å². The predicted molar refractivity (Wildman–Crippen MR) is 60.3 cm³/mol. The molecule has 0 aromatic heterocycles. The van der Waals surface area contributed by atoms with Crippen molar-refractivity contribution in [1.82, 2.24) is 0 Å². The molecule has 2 heteroatoms. The smallest absolute Gasteiger partial charge is 0.0129 e. The summed E-state index contributed by atoms with van der Waals surface area (Å²) in [6.07, 6.45) is 0. The summed E-state index contributed by atoms with van der Waals surface area (Å²) >= 11 is 1.83. The molecule has 0 heterocycles. The highest BCUT2D eigenvalue weighted by Crippen LogP contribution is 2.21. The zero-order valence-electron chi connectivity index (χ0n) is 8.50. The summed E-state index contributed by atoms with van der Waals surface area (Å²) in [5.41, 5.74) is 8.40. The fraction of sp³-hybridized carbons (Fsp3) is 0.455. The van der Waals surface area contributed by atoms with Crippen LogP contribution in [0.15, 0.2) is 23.1 Å². The van der Waals surface area contributed by atoms with Crippen LogP contribution in [0.2, 0.25) is 0 Å². The molecule has 1 rings (SSSR count). The second-order valence-corrected chi connectivity index (χ2v) is 4.63. The van der Waals surface area contributed by atoms with Crippen LogP contribution in [-0.2, 0) is 0 Å². The van der Waals surface area contributed by atoms with Gasteiger partial charge in [-0.15, -0.1) is 11.8 Å². The first kappa shape index (κ1) is 10.6. The maximum absolute atomic E-state index is 5.69. The zero-order valence-corrected chi connectivity index (χ0v) is 9.32. The predicted octanol–water partition coefficient (Wildman–Crippen LogP) is 2.74.